The largest absolute Gasteiger partial charge is 0.490 e. The first-order valence-electron chi connectivity index (χ1n) is 6.46. The van der Waals surface area contributed by atoms with Crippen LogP contribution in [0.2, 0.25) is 0 Å². The van der Waals surface area contributed by atoms with E-state index in [0.717, 1.165) is 17.9 Å². The van der Waals surface area contributed by atoms with E-state index in [1.54, 1.807) is 0 Å². The van der Waals surface area contributed by atoms with Gasteiger partial charge < -0.3 is 15.2 Å². The highest BCUT2D eigenvalue weighted by Crippen LogP contribution is 2.23. The Morgan fingerprint density at radius 3 is 2.61 bits per heavy atom. The molecule has 0 aliphatic rings. The van der Waals surface area contributed by atoms with E-state index in [4.69, 9.17) is 4.74 Å². The summed E-state index contributed by atoms with van der Waals surface area (Å²) in [5.74, 6) is 1.01. The standard InChI is InChI=1S/C15H25NO2/c1-11(2)15(4,17)10-18-14-7-6-12(3)8-13(14)9-16-5/h6-8,11,16-17H,9-10H2,1-5H3. The Balaban J connectivity index is 2.78. The Bertz CT molecular complexity index is 386. The van der Waals surface area contributed by atoms with Crippen LogP contribution in [0.25, 0.3) is 0 Å². The van der Waals surface area contributed by atoms with Crippen LogP contribution in [0.5, 0.6) is 5.75 Å². The Morgan fingerprint density at radius 1 is 1.39 bits per heavy atom. The van der Waals surface area contributed by atoms with Gasteiger partial charge >= 0.3 is 0 Å². The van der Waals surface area contributed by atoms with Crippen LogP contribution in [0.4, 0.5) is 0 Å². The highest BCUT2D eigenvalue weighted by Gasteiger charge is 2.26. The number of nitrogens with one attached hydrogen (secondary N) is 1. The molecule has 1 rings (SSSR count). The van der Waals surface area contributed by atoms with Crippen molar-refractivity contribution < 1.29 is 9.84 Å². The third-order valence-electron chi connectivity index (χ3n) is 3.35. The van der Waals surface area contributed by atoms with E-state index in [-0.39, 0.29) is 5.92 Å². The van der Waals surface area contributed by atoms with Crippen molar-refractivity contribution in [2.45, 2.75) is 39.8 Å². The number of hydrogen-bond donors (Lipinski definition) is 2. The molecule has 0 aliphatic heterocycles. The second-order valence-corrected chi connectivity index (χ2v) is 5.44. The van der Waals surface area contributed by atoms with E-state index in [2.05, 4.69) is 18.3 Å². The van der Waals surface area contributed by atoms with Crippen LogP contribution < -0.4 is 10.1 Å². The third-order valence-corrected chi connectivity index (χ3v) is 3.35. The van der Waals surface area contributed by atoms with Crippen molar-refractivity contribution in [3.63, 3.8) is 0 Å². The molecule has 0 fully saturated rings. The molecule has 1 aromatic carbocycles. The predicted molar refractivity (Wildman–Crippen MR) is 74.9 cm³/mol. The van der Waals surface area contributed by atoms with Crippen molar-refractivity contribution in [3.8, 4) is 5.75 Å². The van der Waals surface area contributed by atoms with Gasteiger partial charge in [0.2, 0.25) is 0 Å². The normalized spacial score (nSPS) is 14.6. The molecule has 0 saturated carbocycles. The lowest BCUT2D eigenvalue weighted by atomic mass is 9.94. The lowest BCUT2D eigenvalue weighted by Crippen LogP contribution is -2.38. The van der Waals surface area contributed by atoms with Crippen LogP contribution in [0.1, 0.15) is 31.9 Å². The Labute approximate surface area is 110 Å². The van der Waals surface area contributed by atoms with Gasteiger partial charge in [0.15, 0.2) is 0 Å². The van der Waals surface area contributed by atoms with Gasteiger partial charge in [-0.25, -0.2) is 0 Å². The number of hydrogen-bond acceptors (Lipinski definition) is 3. The molecule has 18 heavy (non-hydrogen) atoms. The molecule has 1 aromatic rings. The summed E-state index contributed by atoms with van der Waals surface area (Å²) in [6, 6.07) is 6.10. The lowest BCUT2D eigenvalue weighted by molar-refractivity contribution is -0.0268. The summed E-state index contributed by atoms with van der Waals surface area (Å²) < 4.78 is 5.78. The summed E-state index contributed by atoms with van der Waals surface area (Å²) in [6.45, 7) is 8.93. The van der Waals surface area contributed by atoms with Gasteiger partial charge in [0, 0.05) is 12.1 Å². The fraction of sp³-hybridized carbons (Fsp3) is 0.600. The lowest BCUT2D eigenvalue weighted by Gasteiger charge is -2.28. The molecule has 0 amide bonds. The van der Waals surface area contributed by atoms with Crippen molar-refractivity contribution in [2.75, 3.05) is 13.7 Å². The van der Waals surface area contributed by atoms with Crippen LogP contribution in [-0.4, -0.2) is 24.4 Å². The van der Waals surface area contributed by atoms with Gasteiger partial charge in [-0.15, -0.1) is 0 Å². The molecule has 0 spiro atoms. The maximum Gasteiger partial charge on any atom is 0.123 e. The van der Waals surface area contributed by atoms with Crippen molar-refractivity contribution in [1.82, 2.24) is 5.32 Å². The molecule has 0 saturated heterocycles. The second-order valence-electron chi connectivity index (χ2n) is 5.44. The van der Waals surface area contributed by atoms with Gasteiger partial charge in [0.1, 0.15) is 12.4 Å². The number of ether oxygens (including phenoxy) is 1. The molecule has 0 heterocycles. The van der Waals surface area contributed by atoms with Gasteiger partial charge in [-0.3, -0.25) is 0 Å². The maximum absolute atomic E-state index is 10.2. The molecule has 1 atom stereocenters. The third kappa shape index (κ3) is 4.00. The van der Waals surface area contributed by atoms with Crippen LogP contribution in [0.15, 0.2) is 18.2 Å². The van der Waals surface area contributed by atoms with Gasteiger partial charge in [-0.2, -0.15) is 0 Å². The molecule has 102 valence electrons. The Morgan fingerprint density at radius 2 is 2.06 bits per heavy atom. The highest BCUT2D eigenvalue weighted by molar-refractivity contribution is 5.36. The molecular weight excluding hydrogens is 226 g/mol. The van der Waals surface area contributed by atoms with E-state index in [0.29, 0.717) is 6.61 Å². The van der Waals surface area contributed by atoms with Crippen LogP contribution in [0, 0.1) is 12.8 Å². The van der Waals surface area contributed by atoms with Crippen LogP contribution >= 0.6 is 0 Å². The summed E-state index contributed by atoms with van der Waals surface area (Å²) in [7, 11) is 1.91. The molecule has 0 bridgehead atoms. The zero-order valence-electron chi connectivity index (χ0n) is 12.1. The summed E-state index contributed by atoms with van der Waals surface area (Å²) in [6.07, 6.45) is 0. The quantitative estimate of drug-likeness (QED) is 0.816. The first-order valence-corrected chi connectivity index (χ1v) is 6.46. The SMILES string of the molecule is CNCc1cc(C)ccc1OCC(C)(O)C(C)C. The van der Waals surface area contributed by atoms with Crippen LogP contribution in [-0.2, 0) is 6.54 Å². The van der Waals surface area contributed by atoms with E-state index in [1.807, 2.05) is 40.0 Å². The second kappa shape index (κ2) is 6.21. The Kier molecular flexibility index (Phi) is 5.17. The minimum Gasteiger partial charge on any atom is -0.490 e. The van der Waals surface area contributed by atoms with Gasteiger partial charge in [-0.1, -0.05) is 31.5 Å². The first-order chi connectivity index (χ1) is 8.36. The summed E-state index contributed by atoms with van der Waals surface area (Å²) in [5.41, 5.74) is 1.53. The number of rotatable bonds is 6. The summed E-state index contributed by atoms with van der Waals surface area (Å²) in [5, 5.41) is 13.3. The molecule has 0 aliphatic carbocycles. The highest BCUT2D eigenvalue weighted by atomic mass is 16.5. The zero-order chi connectivity index (χ0) is 13.8. The first kappa shape index (κ1) is 15.0. The van der Waals surface area contributed by atoms with Gasteiger partial charge in [0.25, 0.3) is 0 Å². The summed E-state index contributed by atoms with van der Waals surface area (Å²) >= 11 is 0. The number of aryl methyl sites for hydroxylation is 1. The Hall–Kier alpha value is -1.06. The fourth-order valence-electron chi connectivity index (χ4n) is 1.57. The molecule has 3 heteroatoms. The minimum absolute atomic E-state index is 0.163. The van der Waals surface area contributed by atoms with Crippen molar-refractivity contribution in [1.29, 1.82) is 0 Å². The molecular formula is C15H25NO2. The molecule has 1 unspecified atom stereocenters. The zero-order valence-corrected chi connectivity index (χ0v) is 12.1. The maximum atomic E-state index is 10.2. The average Bonchev–Trinajstić information content (AvgIpc) is 2.28. The smallest absolute Gasteiger partial charge is 0.123 e. The summed E-state index contributed by atoms with van der Waals surface area (Å²) in [4.78, 5) is 0. The number of benzene rings is 1. The average molecular weight is 251 g/mol. The molecule has 3 nitrogen and oxygen atoms in total. The van der Waals surface area contributed by atoms with Crippen molar-refractivity contribution in [2.24, 2.45) is 5.92 Å². The minimum atomic E-state index is -0.804. The van der Waals surface area contributed by atoms with Gasteiger partial charge in [-0.05, 0) is 32.9 Å². The molecule has 0 radical (unpaired) electrons. The number of aliphatic hydroxyl groups is 1. The van der Waals surface area contributed by atoms with E-state index in [9.17, 15) is 5.11 Å². The molecule has 0 aromatic heterocycles. The van der Waals surface area contributed by atoms with E-state index in [1.165, 1.54) is 5.56 Å². The van der Waals surface area contributed by atoms with Crippen molar-refractivity contribution >= 4 is 0 Å². The topological polar surface area (TPSA) is 41.5 Å². The van der Waals surface area contributed by atoms with E-state index >= 15 is 0 Å². The van der Waals surface area contributed by atoms with Gasteiger partial charge in [0.05, 0.1) is 5.60 Å². The monoisotopic (exact) mass is 251 g/mol. The van der Waals surface area contributed by atoms with Crippen LogP contribution in [0.3, 0.4) is 0 Å². The predicted octanol–water partition coefficient (Wildman–Crippen LogP) is 2.50. The van der Waals surface area contributed by atoms with Crippen molar-refractivity contribution in [3.05, 3.63) is 29.3 Å². The fourth-order valence-corrected chi connectivity index (χ4v) is 1.57. The molecule has 2 N–H and O–H groups in total. The van der Waals surface area contributed by atoms with E-state index < -0.39 is 5.60 Å².